The Hall–Kier alpha value is -1.28. The van der Waals surface area contributed by atoms with Gasteiger partial charge in [0.1, 0.15) is 14.8 Å². The van der Waals surface area contributed by atoms with E-state index in [0.717, 1.165) is 30.4 Å². The fourth-order valence-corrected chi connectivity index (χ4v) is 4.53. The zero-order valence-corrected chi connectivity index (χ0v) is 14.5. The summed E-state index contributed by atoms with van der Waals surface area (Å²) in [7, 11) is -3.51. The van der Waals surface area contributed by atoms with Crippen molar-refractivity contribution in [1.29, 1.82) is 0 Å². The van der Waals surface area contributed by atoms with Crippen molar-refractivity contribution >= 4 is 37.8 Å². The number of anilines is 2. The molecule has 0 radical (unpaired) electrons. The van der Waals surface area contributed by atoms with E-state index in [1.807, 2.05) is 13.8 Å². The predicted octanol–water partition coefficient (Wildman–Crippen LogP) is 2.08. The Balaban J connectivity index is 3.35. The van der Waals surface area contributed by atoms with Crippen LogP contribution >= 0.6 is 11.3 Å². The molecule has 1 aromatic heterocycles. The van der Waals surface area contributed by atoms with Crippen LogP contribution in [0.25, 0.3) is 0 Å². The van der Waals surface area contributed by atoms with Crippen LogP contribution in [0.5, 0.6) is 0 Å². The average molecular weight is 333 g/mol. The molecule has 0 aliphatic heterocycles. The molecule has 1 amide bonds. The number of sulfone groups is 1. The number of thiophene rings is 1. The molecule has 0 unspecified atom stereocenters. The average Bonchev–Trinajstić information content (AvgIpc) is 2.72. The number of hydrogen-bond donors (Lipinski definition) is 3. The van der Waals surface area contributed by atoms with Crippen LogP contribution in [0.3, 0.4) is 0 Å². The molecule has 8 heteroatoms. The summed E-state index contributed by atoms with van der Waals surface area (Å²) in [6, 6.07) is 0.144. The summed E-state index contributed by atoms with van der Waals surface area (Å²) in [6.07, 6.45) is 2.81. The molecule has 0 aliphatic rings. The quantitative estimate of drug-likeness (QED) is 0.709. The summed E-state index contributed by atoms with van der Waals surface area (Å²) in [5.74, 6) is -0.345. The maximum absolute atomic E-state index is 12.0. The Morgan fingerprint density at radius 2 is 1.86 bits per heavy atom. The molecule has 0 spiro atoms. The number of amides is 1. The van der Waals surface area contributed by atoms with Crippen LogP contribution < -0.4 is 16.4 Å². The number of nitrogen functional groups attached to an aromatic ring is 1. The molecule has 21 heavy (non-hydrogen) atoms. The second kappa shape index (κ2) is 7.13. The van der Waals surface area contributed by atoms with Gasteiger partial charge in [-0.3, -0.25) is 4.79 Å². The fourth-order valence-electron chi connectivity index (χ4n) is 1.98. The van der Waals surface area contributed by atoms with Crippen LogP contribution in [0.15, 0.2) is 4.90 Å². The molecule has 0 aromatic carbocycles. The molecule has 1 rings (SSSR count). The second-order valence-electron chi connectivity index (χ2n) is 4.79. The van der Waals surface area contributed by atoms with Gasteiger partial charge in [0.2, 0.25) is 0 Å². The lowest BCUT2D eigenvalue weighted by atomic mass is 10.2. The maximum atomic E-state index is 12.0. The summed E-state index contributed by atoms with van der Waals surface area (Å²) in [6.45, 7) is 6.29. The van der Waals surface area contributed by atoms with Crippen molar-refractivity contribution in [2.45, 2.75) is 44.6 Å². The fraction of sp³-hybridized carbons (Fsp3) is 0.615. The largest absolute Gasteiger partial charge is 0.396 e. The molecule has 0 fully saturated rings. The number of nitrogens with two attached hydrogens (primary N) is 1. The van der Waals surface area contributed by atoms with Crippen molar-refractivity contribution in [1.82, 2.24) is 5.32 Å². The van der Waals surface area contributed by atoms with Gasteiger partial charge in [0.05, 0.1) is 5.69 Å². The first-order valence-electron chi connectivity index (χ1n) is 6.93. The first-order valence-corrected chi connectivity index (χ1v) is 9.63. The first-order chi connectivity index (χ1) is 9.76. The molecule has 0 bridgehead atoms. The highest BCUT2D eigenvalue weighted by Gasteiger charge is 2.27. The normalized spacial score (nSPS) is 11.7. The number of nitrogens with one attached hydrogen (secondary N) is 2. The van der Waals surface area contributed by atoms with Crippen molar-refractivity contribution in [3.63, 3.8) is 0 Å². The minimum atomic E-state index is -3.51. The van der Waals surface area contributed by atoms with Crippen molar-refractivity contribution in [3.8, 4) is 0 Å². The first kappa shape index (κ1) is 17.8. The molecule has 0 saturated carbocycles. The van der Waals surface area contributed by atoms with Crippen molar-refractivity contribution in [3.05, 3.63) is 4.88 Å². The van der Waals surface area contributed by atoms with Crippen LogP contribution in [-0.4, -0.2) is 33.2 Å². The topological polar surface area (TPSA) is 101 Å². The van der Waals surface area contributed by atoms with Crippen molar-refractivity contribution < 1.29 is 13.2 Å². The van der Waals surface area contributed by atoms with Gasteiger partial charge in [-0.25, -0.2) is 8.42 Å². The Labute approximate surface area is 130 Å². The summed E-state index contributed by atoms with van der Waals surface area (Å²) in [4.78, 5) is 12.2. The predicted molar refractivity (Wildman–Crippen MR) is 87.8 cm³/mol. The summed E-state index contributed by atoms with van der Waals surface area (Å²) in [5.41, 5.74) is 5.94. The lowest BCUT2D eigenvalue weighted by Crippen LogP contribution is -2.22. The smallest absolute Gasteiger partial charge is 0.263 e. The molecule has 120 valence electrons. The number of hydrogen-bond acceptors (Lipinski definition) is 6. The lowest BCUT2D eigenvalue weighted by Gasteiger charge is -2.15. The number of carbonyl (C=O) groups excluding carboxylic acids is 1. The van der Waals surface area contributed by atoms with Gasteiger partial charge in [-0.15, -0.1) is 11.3 Å². The molecule has 1 aromatic rings. The van der Waals surface area contributed by atoms with E-state index in [1.165, 1.54) is 0 Å². The zero-order valence-electron chi connectivity index (χ0n) is 12.8. The molecular formula is C13H23N3O3S2. The molecular weight excluding hydrogens is 310 g/mol. The lowest BCUT2D eigenvalue weighted by molar-refractivity contribution is 0.0960. The number of rotatable bonds is 7. The van der Waals surface area contributed by atoms with Crippen LogP contribution in [0.1, 0.15) is 43.3 Å². The van der Waals surface area contributed by atoms with Crippen LogP contribution in [0.4, 0.5) is 10.7 Å². The van der Waals surface area contributed by atoms with E-state index in [-0.39, 0.29) is 27.4 Å². The van der Waals surface area contributed by atoms with E-state index in [4.69, 9.17) is 5.73 Å². The number of carbonyl (C=O) groups is 1. The van der Waals surface area contributed by atoms with Gasteiger partial charge in [0.25, 0.3) is 5.91 Å². The highest BCUT2D eigenvalue weighted by atomic mass is 32.2. The van der Waals surface area contributed by atoms with Gasteiger partial charge >= 0.3 is 0 Å². The molecule has 4 N–H and O–H groups in total. The Kier molecular flexibility index (Phi) is 6.03. The summed E-state index contributed by atoms with van der Waals surface area (Å²) < 4.78 is 24.0. The van der Waals surface area contributed by atoms with Gasteiger partial charge in [-0.2, -0.15) is 0 Å². The van der Waals surface area contributed by atoms with Crippen molar-refractivity contribution in [2.24, 2.45) is 0 Å². The summed E-state index contributed by atoms with van der Waals surface area (Å²) >= 11 is 1.09. The standard InChI is InChI=1S/C13H23N3O3S2/c1-5-8(6-2)16-13-11(21(4,18)19)9(14)10(20-13)12(17)15-7-3/h8,16H,5-7,14H2,1-4H3,(H,15,17). The second-order valence-corrected chi connectivity index (χ2v) is 7.77. The maximum Gasteiger partial charge on any atom is 0.263 e. The molecule has 0 atom stereocenters. The van der Waals surface area contributed by atoms with E-state index < -0.39 is 9.84 Å². The monoisotopic (exact) mass is 333 g/mol. The van der Waals surface area contributed by atoms with E-state index in [1.54, 1.807) is 6.92 Å². The van der Waals surface area contributed by atoms with Crippen LogP contribution in [0.2, 0.25) is 0 Å². The Morgan fingerprint density at radius 1 is 1.29 bits per heavy atom. The molecule has 6 nitrogen and oxygen atoms in total. The minimum Gasteiger partial charge on any atom is -0.396 e. The van der Waals surface area contributed by atoms with E-state index in [9.17, 15) is 13.2 Å². The minimum absolute atomic E-state index is 0.0284. The molecule has 1 heterocycles. The van der Waals surface area contributed by atoms with E-state index >= 15 is 0 Å². The highest BCUT2D eigenvalue weighted by Crippen LogP contribution is 2.39. The Morgan fingerprint density at radius 3 is 2.29 bits per heavy atom. The van der Waals surface area contributed by atoms with Crippen molar-refractivity contribution in [2.75, 3.05) is 23.9 Å². The molecule has 0 saturated heterocycles. The summed E-state index contributed by atoms with van der Waals surface area (Å²) in [5, 5.41) is 6.28. The third-order valence-corrected chi connectivity index (χ3v) is 5.57. The third-order valence-electron chi connectivity index (χ3n) is 3.13. The van der Waals surface area contributed by atoms with E-state index in [0.29, 0.717) is 11.5 Å². The van der Waals surface area contributed by atoms with E-state index in [2.05, 4.69) is 10.6 Å². The SMILES string of the molecule is CCNC(=O)c1sc(NC(CC)CC)c(S(C)(=O)=O)c1N. The van der Waals surface area contributed by atoms with Gasteiger partial charge in [0, 0.05) is 18.8 Å². The van der Waals surface area contributed by atoms with Crippen LogP contribution in [0, 0.1) is 0 Å². The molecule has 0 aliphatic carbocycles. The van der Waals surface area contributed by atoms with Gasteiger partial charge in [-0.05, 0) is 19.8 Å². The Bertz CT molecular complexity index is 604. The van der Waals surface area contributed by atoms with Gasteiger partial charge in [0.15, 0.2) is 9.84 Å². The van der Waals surface area contributed by atoms with Crippen LogP contribution in [-0.2, 0) is 9.84 Å². The third kappa shape index (κ3) is 4.10. The highest BCUT2D eigenvalue weighted by molar-refractivity contribution is 7.91. The zero-order chi connectivity index (χ0) is 16.2. The van der Waals surface area contributed by atoms with Gasteiger partial charge < -0.3 is 16.4 Å². The van der Waals surface area contributed by atoms with Gasteiger partial charge in [-0.1, -0.05) is 13.8 Å².